The first kappa shape index (κ1) is 22.4. The molecule has 6 nitrogen and oxygen atoms in total. The Labute approximate surface area is 74.6 Å². The van der Waals surface area contributed by atoms with E-state index in [1.807, 2.05) is 0 Å². The molecule has 0 aromatic carbocycles. The molecule has 0 amide bonds. The van der Waals surface area contributed by atoms with E-state index in [0.29, 0.717) is 0 Å². The molecule has 0 rings (SSSR count). The molecule has 0 unspecified atom stereocenters. The fourth-order valence-corrected chi connectivity index (χ4v) is 0. The van der Waals surface area contributed by atoms with Crippen molar-refractivity contribution in [3.63, 3.8) is 0 Å². The Morgan fingerprint density at radius 2 is 0.700 bits per heavy atom. The molecule has 0 fully saturated rings. The van der Waals surface area contributed by atoms with E-state index in [9.17, 15) is 0 Å². The van der Waals surface area contributed by atoms with Gasteiger partial charge in [-0.25, -0.2) is 0 Å². The van der Waals surface area contributed by atoms with Crippen LogP contribution in [0.2, 0.25) is 0 Å². The van der Waals surface area contributed by atoms with Gasteiger partial charge in [0.25, 0.3) is 0 Å². The van der Waals surface area contributed by atoms with Gasteiger partial charge in [0.1, 0.15) is 0 Å². The van der Waals surface area contributed by atoms with Crippen LogP contribution >= 0.6 is 26.1 Å². The number of hydrogen-bond acceptors (Lipinski definition) is 6. The third kappa shape index (κ3) is 808. The van der Waals surface area contributed by atoms with Gasteiger partial charge in [0, 0.05) is 19.8 Å². The monoisotopic (exact) mass is 381 g/mol. The Kier molecular flexibility index (Phi) is 118. The molecule has 0 saturated carbocycles. The molecule has 10 heteroatoms. The topological polar surface area (TPSA) is 120 Å². The molecule has 0 aliphatic heterocycles. The Morgan fingerprint density at radius 1 is 0.700 bits per heavy atom. The van der Waals surface area contributed by atoms with E-state index < -0.39 is 26.1 Å². The minimum absolute atomic E-state index is 0. The van der Waals surface area contributed by atoms with Gasteiger partial charge in [0.2, 0.25) is 0 Å². The van der Waals surface area contributed by atoms with Crippen molar-refractivity contribution < 1.29 is 48.2 Å². The second-order valence-corrected chi connectivity index (χ2v) is 0.671. The Balaban J connectivity index is -0.0000000257. The average Bonchev–Trinajstić information content (AvgIpc) is 1.70. The summed E-state index contributed by atoms with van der Waals surface area (Å²) in [5, 5.41) is 0. The predicted octanol–water partition coefficient (Wildman–Crippen LogP) is -1.34. The summed E-state index contributed by atoms with van der Waals surface area (Å²) in [5.41, 5.74) is 0. The maximum Gasteiger partial charge on any atom is 0.0642 e. The molecule has 0 saturated heterocycles. The molecule has 0 spiro atoms. The van der Waals surface area contributed by atoms with E-state index in [-0.39, 0.29) is 19.8 Å². The van der Waals surface area contributed by atoms with Gasteiger partial charge in [-0.1, -0.05) is 0 Å². The smallest absolute Gasteiger partial charge is 0.0642 e. The van der Waals surface area contributed by atoms with Crippen LogP contribution in [-0.4, -0.2) is 0 Å². The number of hydrogen-bond donors (Lipinski definition) is 0. The minimum Gasteiger partial charge on any atom is -0.772 e. The molecule has 10 heavy (non-hydrogen) atoms. The molecule has 0 aliphatic rings. The van der Waals surface area contributed by atoms with Crippen molar-refractivity contribution in [2.75, 3.05) is 0 Å². The quantitative estimate of drug-likeness (QED) is 0.481. The zero-order chi connectivity index (χ0) is 8.12. The van der Waals surface area contributed by atoms with Crippen LogP contribution in [0.15, 0.2) is 0 Å². The van der Waals surface area contributed by atoms with Gasteiger partial charge in [-0.15, -0.1) is 0 Å². The molecular weight excluding hydrogens is 379 g/mol. The van der Waals surface area contributed by atoms with Gasteiger partial charge >= 0.3 is 0 Å². The second-order valence-electron chi connectivity index (χ2n) is 0.224. The standard InChI is InChI=1S/3HO2P.Os/c3*1-3-2;/h3*(H,1,2);/p-3. The summed E-state index contributed by atoms with van der Waals surface area (Å²) in [4.78, 5) is 25.0. The minimum atomic E-state index is -1.08. The van der Waals surface area contributed by atoms with Crippen LogP contribution in [0.1, 0.15) is 0 Å². The van der Waals surface area contributed by atoms with Gasteiger partial charge < -0.3 is 14.7 Å². The molecule has 62 valence electrons. The van der Waals surface area contributed by atoms with E-state index in [2.05, 4.69) is 0 Å². The van der Waals surface area contributed by atoms with Crippen LogP contribution in [0.3, 0.4) is 0 Å². The summed E-state index contributed by atoms with van der Waals surface area (Å²) >= 11 is 0. The van der Waals surface area contributed by atoms with Gasteiger partial charge in [0.15, 0.2) is 0 Å². The van der Waals surface area contributed by atoms with E-state index in [4.69, 9.17) is 28.4 Å². The molecule has 0 aromatic heterocycles. The summed E-state index contributed by atoms with van der Waals surface area (Å²) in [6.07, 6.45) is 0. The first-order valence-corrected chi connectivity index (χ1v) is 3.29. The molecule has 0 N–H and O–H groups in total. The maximum absolute atomic E-state index is 8.35. The van der Waals surface area contributed by atoms with Gasteiger partial charge in [-0.3, -0.25) is 13.7 Å². The molecule has 0 bridgehead atoms. The van der Waals surface area contributed by atoms with Crippen molar-refractivity contribution in [3.8, 4) is 0 Å². The zero-order valence-electron chi connectivity index (χ0n) is 4.14. The van der Waals surface area contributed by atoms with Crippen molar-refractivity contribution in [1.82, 2.24) is 0 Å². The van der Waals surface area contributed by atoms with Gasteiger partial charge in [-0.05, 0) is 0 Å². The molecule has 0 heterocycles. The third-order valence-electron chi connectivity index (χ3n) is 0. The van der Waals surface area contributed by atoms with E-state index in [0.717, 1.165) is 0 Å². The van der Waals surface area contributed by atoms with Gasteiger partial charge in [-0.2, -0.15) is 0 Å². The van der Waals surface area contributed by atoms with Crippen molar-refractivity contribution in [2.45, 2.75) is 0 Å². The summed E-state index contributed by atoms with van der Waals surface area (Å²) in [6, 6.07) is 0. The van der Waals surface area contributed by atoms with Crippen molar-refractivity contribution in [2.24, 2.45) is 0 Å². The van der Waals surface area contributed by atoms with Gasteiger partial charge in [0.05, 0.1) is 26.1 Å². The van der Waals surface area contributed by atoms with Crippen LogP contribution in [0.25, 0.3) is 0 Å². The third-order valence-corrected chi connectivity index (χ3v) is 0. The second kappa shape index (κ2) is 52.4. The Hall–Kier alpha value is 0.816. The van der Waals surface area contributed by atoms with Crippen LogP contribution in [0, 0.1) is 0 Å². The van der Waals surface area contributed by atoms with E-state index in [1.54, 1.807) is 0 Å². The van der Waals surface area contributed by atoms with Crippen LogP contribution < -0.4 is 14.7 Å². The fourth-order valence-electron chi connectivity index (χ4n) is 0. The maximum atomic E-state index is 8.35. The largest absolute Gasteiger partial charge is 0.772 e. The molecular formula is O6OsP3-3. The number of rotatable bonds is 0. The van der Waals surface area contributed by atoms with Crippen LogP contribution in [-0.2, 0) is 33.5 Å². The van der Waals surface area contributed by atoms with Crippen LogP contribution in [0.5, 0.6) is 0 Å². The van der Waals surface area contributed by atoms with Crippen molar-refractivity contribution in [1.29, 1.82) is 0 Å². The summed E-state index contributed by atoms with van der Waals surface area (Å²) < 4.78 is 25.0. The van der Waals surface area contributed by atoms with Crippen LogP contribution in [0.4, 0.5) is 0 Å². The molecule has 0 aromatic rings. The Morgan fingerprint density at radius 3 is 0.700 bits per heavy atom. The molecule has 0 radical (unpaired) electrons. The van der Waals surface area contributed by atoms with Crippen molar-refractivity contribution in [3.05, 3.63) is 0 Å². The first-order chi connectivity index (χ1) is 4.24. The molecule has 0 aliphatic carbocycles. The fraction of sp³-hybridized carbons (Fsp3) is 0. The summed E-state index contributed by atoms with van der Waals surface area (Å²) in [5.74, 6) is 0. The summed E-state index contributed by atoms with van der Waals surface area (Å²) in [6.45, 7) is 0. The normalized spacial score (nSPS) is 6.30. The van der Waals surface area contributed by atoms with Crippen molar-refractivity contribution >= 4 is 26.1 Å². The zero-order valence-corrected chi connectivity index (χ0v) is 9.37. The first-order valence-electron chi connectivity index (χ1n) is 1.10. The SMILES string of the molecule is O=P[O-].O=P[O-].O=P[O-].[Os]. The van der Waals surface area contributed by atoms with E-state index in [1.165, 1.54) is 0 Å². The average molecular weight is 379 g/mol. The summed E-state index contributed by atoms with van der Waals surface area (Å²) in [7, 11) is -3.25. The Bertz CT molecular complexity index is 49.7. The van der Waals surface area contributed by atoms with E-state index >= 15 is 0 Å². The molecule has 0 atom stereocenters. The predicted molar refractivity (Wildman–Crippen MR) is 22.8 cm³/mol.